The first-order valence-corrected chi connectivity index (χ1v) is 4.19. The summed E-state index contributed by atoms with van der Waals surface area (Å²) in [5.41, 5.74) is -0.131. The van der Waals surface area contributed by atoms with Crippen LogP contribution in [0, 0.1) is 17.5 Å². The monoisotopic (exact) mass is 204 g/mol. The molecule has 0 amide bonds. The van der Waals surface area contributed by atoms with E-state index in [1.54, 1.807) is 6.92 Å². The van der Waals surface area contributed by atoms with Crippen molar-refractivity contribution in [2.45, 2.75) is 12.8 Å². The van der Waals surface area contributed by atoms with Crippen LogP contribution in [0.4, 0.5) is 13.2 Å². The van der Waals surface area contributed by atoms with Crippen molar-refractivity contribution in [1.82, 2.24) is 0 Å². The first kappa shape index (κ1) is 11.0. The molecule has 0 aliphatic heterocycles. The second-order valence-corrected chi connectivity index (χ2v) is 3.14. The van der Waals surface area contributed by atoms with Gasteiger partial charge in [0.1, 0.15) is 17.5 Å². The summed E-state index contributed by atoms with van der Waals surface area (Å²) in [6.07, 6.45) is 0. The summed E-state index contributed by atoms with van der Waals surface area (Å²) in [6, 6.07) is 1.34. The van der Waals surface area contributed by atoms with Crippen molar-refractivity contribution in [3.63, 3.8) is 0 Å². The van der Waals surface area contributed by atoms with Crippen LogP contribution < -0.4 is 0 Å². The van der Waals surface area contributed by atoms with Crippen LogP contribution in [0.2, 0.25) is 0 Å². The highest BCUT2D eigenvalue weighted by Crippen LogP contribution is 2.23. The quantitative estimate of drug-likeness (QED) is 0.735. The Labute approximate surface area is 80.5 Å². The van der Waals surface area contributed by atoms with E-state index in [4.69, 9.17) is 4.74 Å². The lowest BCUT2D eigenvalue weighted by molar-refractivity contribution is 0.181. The molecule has 1 atom stereocenters. The molecule has 1 rings (SSSR count). The number of rotatable bonds is 3. The molecule has 0 heterocycles. The maximum absolute atomic E-state index is 13.1. The van der Waals surface area contributed by atoms with Gasteiger partial charge in [-0.3, -0.25) is 0 Å². The second kappa shape index (κ2) is 4.46. The maximum Gasteiger partial charge on any atom is 0.132 e. The lowest BCUT2D eigenvalue weighted by Gasteiger charge is -2.12. The number of halogens is 3. The third-order valence-corrected chi connectivity index (χ3v) is 1.95. The third kappa shape index (κ3) is 2.26. The molecule has 0 N–H and O–H groups in total. The van der Waals surface area contributed by atoms with Gasteiger partial charge in [0.2, 0.25) is 0 Å². The second-order valence-electron chi connectivity index (χ2n) is 3.14. The zero-order valence-electron chi connectivity index (χ0n) is 7.98. The Balaban J connectivity index is 3.07. The zero-order chi connectivity index (χ0) is 10.7. The number of hydrogen-bond acceptors (Lipinski definition) is 1. The predicted molar refractivity (Wildman–Crippen MR) is 46.6 cm³/mol. The molecule has 0 radical (unpaired) electrons. The van der Waals surface area contributed by atoms with Crippen LogP contribution in [-0.2, 0) is 4.74 Å². The molecule has 0 aliphatic rings. The molecule has 14 heavy (non-hydrogen) atoms. The van der Waals surface area contributed by atoms with E-state index in [2.05, 4.69) is 0 Å². The molecule has 1 unspecified atom stereocenters. The number of hydrogen-bond donors (Lipinski definition) is 0. The highest BCUT2D eigenvalue weighted by Gasteiger charge is 2.17. The van der Waals surface area contributed by atoms with Crippen LogP contribution in [0.3, 0.4) is 0 Å². The lowest BCUT2D eigenvalue weighted by atomic mass is 10.0. The topological polar surface area (TPSA) is 9.23 Å². The molecule has 1 aromatic carbocycles. The summed E-state index contributed by atoms with van der Waals surface area (Å²) in [6.45, 7) is 1.81. The minimum absolute atomic E-state index is 0.131. The van der Waals surface area contributed by atoms with Crippen LogP contribution in [0.5, 0.6) is 0 Å². The minimum atomic E-state index is -0.909. The fourth-order valence-electron chi connectivity index (χ4n) is 1.36. The first-order valence-electron chi connectivity index (χ1n) is 4.19. The van der Waals surface area contributed by atoms with Crippen LogP contribution in [0.25, 0.3) is 0 Å². The fourth-order valence-corrected chi connectivity index (χ4v) is 1.36. The smallest absolute Gasteiger partial charge is 0.132 e. The minimum Gasteiger partial charge on any atom is -0.384 e. The first-order chi connectivity index (χ1) is 6.56. The van der Waals surface area contributed by atoms with Crippen molar-refractivity contribution >= 4 is 0 Å². The van der Waals surface area contributed by atoms with Gasteiger partial charge in [0.15, 0.2) is 0 Å². The molecular formula is C10H11F3O. The van der Waals surface area contributed by atoms with Crippen LogP contribution in [-0.4, -0.2) is 13.7 Å². The van der Waals surface area contributed by atoms with Crippen molar-refractivity contribution in [2.75, 3.05) is 13.7 Å². The third-order valence-electron chi connectivity index (χ3n) is 1.95. The highest BCUT2D eigenvalue weighted by atomic mass is 19.1. The molecule has 0 saturated heterocycles. The van der Waals surface area contributed by atoms with E-state index < -0.39 is 23.4 Å². The maximum atomic E-state index is 13.1. The molecule has 0 fully saturated rings. The molecule has 0 bridgehead atoms. The van der Waals surface area contributed by atoms with Crippen molar-refractivity contribution in [3.8, 4) is 0 Å². The Hall–Kier alpha value is -1.03. The average Bonchev–Trinajstić information content (AvgIpc) is 2.01. The Morgan fingerprint density at radius 1 is 1.21 bits per heavy atom. The van der Waals surface area contributed by atoms with Crippen molar-refractivity contribution < 1.29 is 17.9 Å². The Morgan fingerprint density at radius 3 is 2.14 bits per heavy atom. The van der Waals surface area contributed by atoms with Gasteiger partial charge in [0.05, 0.1) is 6.61 Å². The van der Waals surface area contributed by atoms with E-state index in [9.17, 15) is 13.2 Å². The van der Waals surface area contributed by atoms with E-state index in [1.807, 2.05) is 0 Å². The van der Waals surface area contributed by atoms with Crippen LogP contribution in [0.1, 0.15) is 18.4 Å². The Morgan fingerprint density at radius 2 is 1.71 bits per heavy atom. The number of benzene rings is 1. The molecule has 0 spiro atoms. The molecule has 1 nitrogen and oxygen atoms in total. The zero-order valence-corrected chi connectivity index (χ0v) is 7.98. The van der Waals surface area contributed by atoms with Gasteiger partial charge in [-0.15, -0.1) is 0 Å². The summed E-state index contributed by atoms with van der Waals surface area (Å²) >= 11 is 0. The van der Waals surface area contributed by atoms with E-state index in [-0.39, 0.29) is 12.2 Å². The van der Waals surface area contributed by atoms with Gasteiger partial charge in [-0.25, -0.2) is 13.2 Å². The van der Waals surface area contributed by atoms with E-state index in [0.29, 0.717) is 12.1 Å². The summed E-state index contributed by atoms with van der Waals surface area (Å²) in [7, 11) is 1.44. The molecule has 1 aromatic rings. The Kier molecular flexibility index (Phi) is 3.52. The molecule has 78 valence electrons. The summed E-state index contributed by atoms with van der Waals surface area (Å²) in [4.78, 5) is 0. The predicted octanol–water partition coefficient (Wildman–Crippen LogP) is 2.85. The number of ether oxygens (including phenoxy) is 1. The van der Waals surface area contributed by atoms with E-state index in [1.165, 1.54) is 7.11 Å². The van der Waals surface area contributed by atoms with Gasteiger partial charge in [0, 0.05) is 30.7 Å². The molecular weight excluding hydrogens is 193 g/mol. The SMILES string of the molecule is COCC(C)c1c(F)cc(F)cc1F. The molecule has 0 saturated carbocycles. The van der Waals surface area contributed by atoms with Crippen LogP contribution in [0.15, 0.2) is 12.1 Å². The van der Waals surface area contributed by atoms with Gasteiger partial charge in [-0.1, -0.05) is 6.92 Å². The molecule has 0 aromatic heterocycles. The van der Waals surface area contributed by atoms with Crippen molar-refractivity contribution in [3.05, 3.63) is 35.1 Å². The van der Waals surface area contributed by atoms with Gasteiger partial charge in [0.25, 0.3) is 0 Å². The molecule has 4 heteroatoms. The number of methoxy groups -OCH3 is 1. The van der Waals surface area contributed by atoms with Gasteiger partial charge >= 0.3 is 0 Å². The van der Waals surface area contributed by atoms with Crippen LogP contribution >= 0.6 is 0 Å². The van der Waals surface area contributed by atoms with Gasteiger partial charge in [-0.2, -0.15) is 0 Å². The summed E-state index contributed by atoms with van der Waals surface area (Å²) < 4.78 is 43.6. The van der Waals surface area contributed by atoms with E-state index in [0.717, 1.165) is 0 Å². The standard InChI is InChI=1S/C10H11F3O/c1-6(5-14-2)10-8(12)3-7(11)4-9(10)13/h3-4,6H,5H2,1-2H3. The normalized spacial score (nSPS) is 12.9. The average molecular weight is 204 g/mol. The van der Waals surface area contributed by atoms with Crippen molar-refractivity contribution in [2.24, 2.45) is 0 Å². The summed E-state index contributed by atoms with van der Waals surface area (Å²) in [5.74, 6) is -3.08. The van der Waals surface area contributed by atoms with Gasteiger partial charge < -0.3 is 4.74 Å². The summed E-state index contributed by atoms with van der Waals surface area (Å²) in [5, 5.41) is 0. The molecule has 0 aliphatic carbocycles. The lowest BCUT2D eigenvalue weighted by Crippen LogP contribution is -2.07. The Bertz CT molecular complexity index is 302. The highest BCUT2D eigenvalue weighted by molar-refractivity contribution is 5.24. The largest absolute Gasteiger partial charge is 0.384 e. The van der Waals surface area contributed by atoms with Gasteiger partial charge in [-0.05, 0) is 0 Å². The fraction of sp³-hybridized carbons (Fsp3) is 0.400. The van der Waals surface area contributed by atoms with E-state index >= 15 is 0 Å². The van der Waals surface area contributed by atoms with Crippen molar-refractivity contribution in [1.29, 1.82) is 0 Å².